The Bertz CT molecular complexity index is 185. The van der Waals surface area contributed by atoms with E-state index in [-0.39, 0.29) is 0 Å². The maximum atomic E-state index is 5.14. The highest BCUT2D eigenvalue weighted by atomic mass is 16.5. The third kappa shape index (κ3) is 4.81. The molecule has 1 fully saturated rings. The Kier molecular flexibility index (Phi) is 6.32. The molecule has 2 atom stereocenters. The normalized spacial score (nSPS) is 24.2. The van der Waals surface area contributed by atoms with Crippen molar-refractivity contribution in [3.8, 4) is 0 Å². The highest BCUT2D eigenvalue weighted by Crippen LogP contribution is 2.19. The van der Waals surface area contributed by atoms with Gasteiger partial charge in [0.1, 0.15) is 0 Å². The molecule has 0 spiro atoms. The van der Waals surface area contributed by atoms with E-state index in [1.165, 1.54) is 26.1 Å². The fourth-order valence-corrected chi connectivity index (χ4v) is 2.30. The quantitative estimate of drug-likeness (QED) is 0.718. The molecule has 0 radical (unpaired) electrons. The van der Waals surface area contributed by atoms with Gasteiger partial charge in [-0.25, -0.2) is 0 Å². The lowest BCUT2D eigenvalue weighted by molar-refractivity contribution is 0.150. The van der Waals surface area contributed by atoms with Crippen LogP contribution in [0, 0.1) is 5.92 Å². The van der Waals surface area contributed by atoms with Gasteiger partial charge in [0.05, 0.1) is 0 Å². The summed E-state index contributed by atoms with van der Waals surface area (Å²) >= 11 is 0. The van der Waals surface area contributed by atoms with Crippen LogP contribution in [0.15, 0.2) is 0 Å². The van der Waals surface area contributed by atoms with Crippen LogP contribution in [0.3, 0.4) is 0 Å². The van der Waals surface area contributed by atoms with Crippen LogP contribution in [0.5, 0.6) is 0 Å². The van der Waals surface area contributed by atoms with Gasteiger partial charge in [-0.15, -0.1) is 0 Å². The van der Waals surface area contributed by atoms with E-state index < -0.39 is 0 Å². The maximum Gasteiger partial charge on any atom is 0.0477 e. The summed E-state index contributed by atoms with van der Waals surface area (Å²) < 4.78 is 5.14. The van der Waals surface area contributed by atoms with Crippen molar-refractivity contribution in [3.63, 3.8) is 0 Å². The van der Waals surface area contributed by atoms with Gasteiger partial charge in [-0.3, -0.25) is 0 Å². The van der Waals surface area contributed by atoms with Crippen molar-refractivity contribution >= 4 is 0 Å². The summed E-state index contributed by atoms with van der Waals surface area (Å²) in [6.45, 7) is 11.3. The van der Waals surface area contributed by atoms with E-state index in [2.05, 4.69) is 31.0 Å². The van der Waals surface area contributed by atoms with Gasteiger partial charge >= 0.3 is 0 Å². The molecule has 0 saturated carbocycles. The maximum absolute atomic E-state index is 5.14. The predicted molar refractivity (Wildman–Crippen MR) is 68.8 cm³/mol. The van der Waals surface area contributed by atoms with Crippen molar-refractivity contribution in [2.24, 2.45) is 5.92 Å². The largest absolute Gasteiger partial charge is 0.385 e. The Hall–Kier alpha value is -0.120. The molecule has 1 saturated heterocycles. The zero-order valence-corrected chi connectivity index (χ0v) is 11.3. The van der Waals surface area contributed by atoms with Crippen LogP contribution in [0.2, 0.25) is 0 Å². The number of hydrogen-bond donors (Lipinski definition) is 1. The van der Waals surface area contributed by atoms with Crippen molar-refractivity contribution in [2.45, 2.75) is 45.7 Å². The van der Waals surface area contributed by atoms with Crippen LogP contribution < -0.4 is 5.32 Å². The van der Waals surface area contributed by atoms with E-state index in [1.807, 2.05) is 0 Å². The van der Waals surface area contributed by atoms with Gasteiger partial charge in [0.2, 0.25) is 0 Å². The van der Waals surface area contributed by atoms with Gasteiger partial charge in [0, 0.05) is 32.3 Å². The molecule has 0 aromatic heterocycles. The molecular formula is C13H28N2O. The van der Waals surface area contributed by atoms with E-state index in [1.54, 1.807) is 7.11 Å². The highest BCUT2D eigenvalue weighted by Gasteiger charge is 2.25. The minimum absolute atomic E-state index is 0.611. The molecule has 2 unspecified atom stereocenters. The van der Waals surface area contributed by atoms with Gasteiger partial charge < -0.3 is 15.0 Å². The molecule has 3 heteroatoms. The Morgan fingerprint density at radius 1 is 1.38 bits per heavy atom. The van der Waals surface area contributed by atoms with E-state index in [0.29, 0.717) is 12.1 Å². The standard InChI is InChI=1S/C13H28N2O/c1-11(2)14-9-13-5-7-15(10-13)12(3)6-8-16-4/h11-14H,5-10H2,1-4H3. The molecule has 0 bridgehead atoms. The second-order valence-corrected chi connectivity index (χ2v) is 5.34. The molecule has 1 rings (SSSR count). The molecule has 1 aliphatic heterocycles. The van der Waals surface area contributed by atoms with Crippen LogP contribution in [0.4, 0.5) is 0 Å². The first-order chi connectivity index (χ1) is 7.63. The van der Waals surface area contributed by atoms with E-state index in [9.17, 15) is 0 Å². The first kappa shape index (κ1) is 13.9. The molecule has 1 aliphatic rings. The Morgan fingerprint density at radius 2 is 2.12 bits per heavy atom. The first-order valence-corrected chi connectivity index (χ1v) is 6.59. The number of rotatable bonds is 7. The van der Waals surface area contributed by atoms with Gasteiger partial charge in [0.25, 0.3) is 0 Å². The average molecular weight is 228 g/mol. The number of ether oxygens (including phenoxy) is 1. The van der Waals surface area contributed by atoms with Gasteiger partial charge in [0.15, 0.2) is 0 Å². The number of nitrogens with zero attached hydrogens (tertiary/aromatic N) is 1. The molecule has 96 valence electrons. The lowest BCUT2D eigenvalue weighted by Gasteiger charge is -2.24. The summed E-state index contributed by atoms with van der Waals surface area (Å²) in [6.07, 6.45) is 2.50. The summed E-state index contributed by atoms with van der Waals surface area (Å²) in [5.41, 5.74) is 0. The second kappa shape index (κ2) is 7.25. The molecule has 16 heavy (non-hydrogen) atoms. The summed E-state index contributed by atoms with van der Waals surface area (Å²) in [7, 11) is 1.78. The zero-order valence-electron chi connectivity index (χ0n) is 11.3. The van der Waals surface area contributed by atoms with Crippen LogP contribution >= 0.6 is 0 Å². The zero-order chi connectivity index (χ0) is 12.0. The van der Waals surface area contributed by atoms with Crippen LogP contribution in [0.25, 0.3) is 0 Å². The SMILES string of the molecule is COCCC(C)N1CCC(CNC(C)C)C1. The Morgan fingerprint density at radius 3 is 2.75 bits per heavy atom. The molecule has 0 aromatic carbocycles. The van der Waals surface area contributed by atoms with E-state index >= 15 is 0 Å². The molecular weight excluding hydrogens is 200 g/mol. The van der Waals surface area contributed by atoms with Crippen LogP contribution in [-0.4, -0.2) is 50.3 Å². The second-order valence-electron chi connectivity index (χ2n) is 5.34. The van der Waals surface area contributed by atoms with Crippen molar-refractivity contribution < 1.29 is 4.74 Å². The molecule has 0 aliphatic carbocycles. The van der Waals surface area contributed by atoms with Gasteiger partial charge in [-0.1, -0.05) is 13.8 Å². The molecule has 1 N–H and O–H groups in total. The van der Waals surface area contributed by atoms with E-state index in [4.69, 9.17) is 4.74 Å². The van der Waals surface area contributed by atoms with Crippen molar-refractivity contribution in [1.82, 2.24) is 10.2 Å². The number of nitrogens with one attached hydrogen (secondary N) is 1. The van der Waals surface area contributed by atoms with E-state index in [0.717, 1.165) is 18.9 Å². The summed E-state index contributed by atoms with van der Waals surface area (Å²) in [5.74, 6) is 0.840. The Labute approximate surface area is 101 Å². The molecule has 0 amide bonds. The van der Waals surface area contributed by atoms with Crippen molar-refractivity contribution in [3.05, 3.63) is 0 Å². The summed E-state index contributed by atoms with van der Waals surface area (Å²) in [6, 6.07) is 1.28. The number of hydrogen-bond acceptors (Lipinski definition) is 3. The van der Waals surface area contributed by atoms with Crippen molar-refractivity contribution in [2.75, 3.05) is 33.4 Å². The molecule has 3 nitrogen and oxygen atoms in total. The third-order valence-corrected chi connectivity index (χ3v) is 3.50. The Balaban J connectivity index is 2.18. The smallest absolute Gasteiger partial charge is 0.0477 e. The lowest BCUT2D eigenvalue weighted by atomic mass is 10.1. The number of likely N-dealkylation sites (tertiary alicyclic amines) is 1. The first-order valence-electron chi connectivity index (χ1n) is 6.59. The molecule has 1 heterocycles. The minimum atomic E-state index is 0.611. The monoisotopic (exact) mass is 228 g/mol. The van der Waals surface area contributed by atoms with Crippen LogP contribution in [-0.2, 0) is 4.74 Å². The lowest BCUT2D eigenvalue weighted by Crippen LogP contribution is -2.34. The summed E-state index contributed by atoms with van der Waals surface area (Å²) in [4.78, 5) is 2.60. The fraction of sp³-hybridized carbons (Fsp3) is 1.00. The topological polar surface area (TPSA) is 24.5 Å². The molecule has 0 aromatic rings. The fourth-order valence-electron chi connectivity index (χ4n) is 2.30. The highest BCUT2D eigenvalue weighted by molar-refractivity contribution is 4.81. The predicted octanol–water partition coefficient (Wildman–Crippen LogP) is 1.73. The van der Waals surface area contributed by atoms with Crippen molar-refractivity contribution in [1.29, 1.82) is 0 Å². The minimum Gasteiger partial charge on any atom is -0.385 e. The van der Waals surface area contributed by atoms with Gasteiger partial charge in [-0.05, 0) is 38.8 Å². The number of methoxy groups -OCH3 is 1. The third-order valence-electron chi connectivity index (χ3n) is 3.50. The average Bonchev–Trinajstić information content (AvgIpc) is 2.71. The summed E-state index contributed by atoms with van der Waals surface area (Å²) in [5, 5.41) is 3.54. The van der Waals surface area contributed by atoms with Gasteiger partial charge in [-0.2, -0.15) is 0 Å². The van der Waals surface area contributed by atoms with Crippen LogP contribution in [0.1, 0.15) is 33.6 Å².